The molecule has 2 heteroatoms. The molecule has 0 fully saturated rings. The average Bonchev–Trinajstić information content (AvgIpc) is 2.14. The van der Waals surface area contributed by atoms with Gasteiger partial charge in [0.05, 0.1) is 0 Å². The van der Waals surface area contributed by atoms with Gasteiger partial charge in [-0.2, -0.15) is 0 Å². The number of halogens is 1. The summed E-state index contributed by atoms with van der Waals surface area (Å²) in [4.78, 5) is 0. The predicted molar refractivity (Wildman–Crippen MR) is 58.9 cm³/mol. The Morgan fingerprint density at radius 3 is 2.54 bits per heavy atom. The molecule has 0 heterocycles. The maximum Gasteiger partial charge on any atom is 0.0434 e. The summed E-state index contributed by atoms with van der Waals surface area (Å²) in [6.07, 6.45) is 2.87. The molecule has 0 saturated heterocycles. The summed E-state index contributed by atoms with van der Waals surface area (Å²) in [5, 5.41) is 8.71. The van der Waals surface area contributed by atoms with Crippen LogP contribution in [0.4, 0.5) is 0 Å². The zero-order valence-corrected chi connectivity index (χ0v) is 9.47. The quantitative estimate of drug-likeness (QED) is 0.861. The lowest BCUT2D eigenvalue weighted by atomic mass is 10.1. The van der Waals surface area contributed by atoms with Crippen molar-refractivity contribution in [2.45, 2.75) is 26.2 Å². The van der Waals surface area contributed by atoms with Crippen LogP contribution in [0.2, 0.25) is 0 Å². The van der Waals surface area contributed by atoms with Gasteiger partial charge in [-0.1, -0.05) is 28.9 Å². The fourth-order valence-corrected chi connectivity index (χ4v) is 1.94. The minimum atomic E-state index is 0.272. The first kappa shape index (κ1) is 10.7. The van der Waals surface area contributed by atoms with Crippen molar-refractivity contribution in [3.05, 3.63) is 33.8 Å². The number of hydrogen-bond acceptors (Lipinski definition) is 1. The van der Waals surface area contributed by atoms with E-state index in [4.69, 9.17) is 5.11 Å². The minimum Gasteiger partial charge on any atom is -0.396 e. The number of benzene rings is 1. The van der Waals surface area contributed by atoms with E-state index in [0.29, 0.717) is 0 Å². The van der Waals surface area contributed by atoms with Crippen LogP contribution >= 0.6 is 15.9 Å². The molecule has 0 atom stereocenters. The van der Waals surface area contributed by atoms with Crippen LogP contribution in [-0.2, 0) is 12.8 Å². The van der Waals surface area contributed by atoms with Gasteiger partial charge in [-0.25, -0.2) is 0 Å². The zero-order chi connectivity index (χ0) is 9.68. The highest BCUT2D eigenvalue weighted by atomic mass is 79.9. The molecule has 0 aliphatic rings. The molecule has 1 aromatic carbocycles. The van der Waals surface area contributed by atoms with Crippen molar-refractivity contribution in [3.63, 3.8) is 0 Å². The Kier molecular flexibility index (Phi) is 4.46. The van der Waals surface area contributed by atoms with Gasteiger partial charge < -0.3 is 5.11 Å². The van der Waals surface area contributed by atoms with Crippen LogP contribution in [0.3, 0.4) is 0 Å². The van der Waals surface area contributed by atoms with Gasteiger partial charge in [-0.15, -0.1) is 0 Å². The van der Waals surface area contributed by atoms with Gasteiger partial charge in [0.25, 0.3) is 0 Å². The van der Waals surface area contributed by atoms with Gasteiger partial charge in [0, 0.05) is 11.1 Å². The standard InChI is InChI=1S/C11H15BrO/c1-2-9-6-10(4-3-5-13)8-11(12)7-9/h6-8,13H,2-5H2,1H3. The van der Waals surface area contributed by atoms with Crippen LogP contribution in [0.25, 0.3) is 0 Å². The van der Waals surface area contributed by atoms with E-state index in [-0.39, 0.29) is 6.61 Å². The Bertz CT molecular complexity index is 271. The Morgan fingerprint density at radius 1 is 1.23 bits per heavy atom. The van der Waals surface area contributed by atoms with E-state index in [1.165, 1.54) is 11.1 Å². The Morgan fingerprint density at radius 2 is 1.92 bits per heavy atom. The molecule has 1 N–H and O–H groups in total. The highest BCUT2D eigenvalue weighted by molar-refractivity contribution is 9.10. The van der Waals surface area contributed by atoms with E-state index in [9.17, 15) is 0 Å². The van der Waals surface area contributed by atoms with Gasteiger partial charge >= 0.3 is 0 Å². The van der Waals surface area contributed by atoms with Crippen molar-refractivity contribution >= 4 is 15.9 Å². The highest BCUT2D eigenvalue weighted by Crippen LogP contribution is 2.17. The first-order valence-electron chi connectivity index (χ1n) is 4.65. The molecule has 0 spiro atoms. The number of rotatable bonds is 4. The molecule has 1 nitrogen and oxygen atoms in total. The van der Waals surface area contributed by atoms with E-state index in [0.717, 1.165) is 23.7 Å². The van der Waals surface area contributed by atoms with Crippen LogP contribution in [0.1, 0.15) is 24.5 Å². The van der Waals surface area contributed by atoms with Crippen molar-refractivity contribution < 1.29 is 5.11 Å². The molecule has 1 aromatic rings. The smallest absolute Gasteiger partial charge is 0.0434 e. The molecular formula is C11H15BrO. The van der Waals surface area contributed by atoms with Gasteiger partial charge in [0.15, 0.2) is 0 Å². The second-order valence-corrected chi connectivity index (χ2v) is 4.06. The molecule has 1 rings (SSSR count). The second-order valence-electron chi connectivity index (χ2n) is 3.15. The van der Waals surface area contributed by atoms with Gasteiger partial charge in [-0.3, -0.25) is 0 Å². The molecule has 0 radical (unpaired) electrons. The van der Waals surface area contributed by atoms with Crippen molar-refractivity contribution in [3.8, 4) is 0 Å². The van der Waals surface area contributed by atoms with Gasteiger partial charge in [0.2, 0.25) is 0 Å². The maximum atomic E-state index is 8.71. The molecule has 13 heavy (non-hydrogen) atoms. The van der Waals surface area contributed by atoms with Gasteiger partial charge in [0.1, 0.15) is 0 Å². The van der Waals surface area contributed by atoms with Crippen molar-refractivity contribution in [1.29, 1.82) is 0 Å². The van der Waals surface area contributed by atoms with Crippen LogP contribution in [-0.4, -0.2) is 11.7 Å². The largest absolute Gasteiger partial charge is 0.396 e. The Labute approximate surface area is 87.9 Å². The predicted octanol–water partition coefficient (Wildman–Crippen LogP) is 2.94. The van der Waals surface area contributed by atoms with E-state index >= 15 is 0 Å². The molecule has 0 amide bonds. The summed E-state index contributed by atoms with van der Waals surface area (Å²) in [7, 11) is 0. The normalized spacial score (nSPS) is 10.4. The lowest BCUT2D eigenvalue weighted by Gasteiger charge is -2.04. The number of aryl methyl sites for hydroxylation is 2. The number of aliphatic hydroxyl groups excluding tert-OH is 1. The van der Waals surface area contributed by atoms with E-state index in [1.54, 1.807) is 0 Å². The fraction of sp³-hybridized carbons (Fsp3) is 0.455. The molecule has 0 saturated carbocycles. The third-order valence-corrected chi connectivity index (χ3v) is 2.51. The summed E-state index contributed by atoms with van der Waals surface area (Å²) in [5.74, 6) is 0. The molecule has 0 bridgehead atoms. The number of hydrogen-bond donors (Lipinski definition) is 1. The monoisotopic (exact) mass is 242 g/mol. The summed E-state index contributed by atoms with van der Waals surface area (Å²) in [6.45, 7) is 2.42. The second kappa shape index (κ2) is 5.40. The van der Waals surface area contributed by atoms with Crippen LogP contribution in [0.15, 0.2) is 22.7 Å². The van der Waals surface area contributed by atoms with Gasteiger partial charge in [-0.05, 0) is 42.5 Å². The summed E-state index contributed by atoms with van der Waals surface area (Å²) >= 11 is 3.48. The molecular weight excluding hydrogens is 228 g/mol. The number of aliphatic hydroxyl groups is 1. The molecule has 72 valence electrons. The van der Waals surface area contributed by atoms with Crippen molar-refractivity contribution in [2.24, 2.45) is 0 Å². The summed E-state index contributed by atoms with van der Waals surface area (Å²) < 4.78 is 1.14. The molecule has 0 unspecified atom stereocenters. The highest BCUT2D eigenvalue weighted by Gasteiger charge is 1.97. The minimum absolute atomic E-state index is 0.272. The van der Waals surface area contributed by atoms with Crippen LogP contribution in [0, 0.1) is 0 Å². The van der Waals surface area contributed by atoms with Crippen molar-refractivity contribution in [1.82, 2.24) is 0 Å². The van der Waals surface area contributed by atoms with Crippen LogP contribution < -0.4 is 0 Å². The first-order chi connectivity index (χ1) is 6.26. The lowest BCUT2D eigenvalue weighted by molar-refractivity contribution is 0.288. The lowest BCUT2D eigenvalue weighted by Crippen LogP contribution is -1.91. The third-order valence-electron chi connectivity index (χ3n) is 2.05. The first-order valence-corrected chi connectivity index (χ1v) is 5.44. The molecule has 0 aliphatic heterocycles. The maximum absolute atomic E-state index is 8.71. The Balaban J connectivity index is 2.76. The summed E-state index contributed by atoms with van der Waals surface area (Å²) in [6, 6.07) is 6.47. The van der Waals surface area contributed by atoms with E-state index in [1.807, 2.05) is 0 Å². The zero-order valence-electron chi connectivity index (χ0n) is 7.89. The topological polar surface area (TPSA) is 20.2 Å². The van der Waals surface area contributed by atoms with Crippen LogP contribution in [0.5, 0.6) is 0 Å². The molecule has 0 aliphatic carbocycles. The molecule has 0 aromatic heterocycles. The van der Waals surface area contributed by atoms with Crippen molar-refractivity contribution in [2.75, 3.05) is 6.61 Å². The third kappa shape index (κ3) is 3.49. The SMILES string of the molecule is CCc1cc(Br)cc(CCCO)c1. The van der Waals surface area contributed by atoms with E-state index in [2.05, 4.69) is 41.1 Å². The fourth-order valence-electron chi connectivity index (χ4n) is 1.35. The Hall–Kier alpha value is -0.340. The van der Waals surface area contributed by atoms with E-state index < -0.39 is 0 Å². The average molecular weight is 243 g/mol. The summed E-state index contributed by atoms with van der Waals surface area (Å²) in [5.41, 5.74) is 2.66.